The largest absolute Gasteiger partial charge is 0.489 e. The monoisotopic (exact) mass is 286 g/mol. The van der Waals surface area contributed by atoms with Gasteiger partial charge < -0.3 is 14.6 Å². The van der Waals surface area contributed by atoms with Crippen molar-refractivity contribution in [3.8, 4) is 5.75 Å². The predicted molar refractivity (Wildman–Crippen MR) is 78.8 cm³/mol. The highest BCUT2D eigenvalue weighted by atomic mass is 16.5. The van der Waals surface area contributed by atoms with Gasteiger partial charge in [-0.2, -0.15) is 0 Å². The Bertz CT molecular complexity index is 580. The van der Waals surface area contributed by atoms with Gasteiger partial charge in [-0.05, 0) is 30.2 Å². The first kappa shape index (κ1) is 15.1. The number of carbonyl (C=O) groups excluding carboxylic acids is 1. The van der Waals surface area contributed by atoms with Crippen LogP contribution in [0.2, 0.25) is 0 Å². The van der Waals surface area contributed by atoms with Gasteiger partial charge in [0.2, 0.25) is 0 Å². The van der Waals surface area contributed by atoms with Crippen molar-refractivity contribution in [2.75, 3.05) is 6.61 Å². The minimum absolute atomic E-state index is 0.236. The van der Waals surface area contributed by atoms with Gasteiger partial charge in [0.25, 0.3) is 0 Å². The minimum Gasteiger partial charge on any atom is -0.489 e. The van der Waals surface area contributed by atoms with Gasteiger partial charge in [-0.25, -0.2) is 4.79 Å². The van der Waals surface area contributed by atoms with Crippen molar-refractivity contribution in [2.24, 2.45) is 0 Å². The Kier molecular flexibility index (Phi) is 5.35. The molecule has 1 atom stereocenters. The van der Waals surface area contributed by atoms with E-state index in [1.54, 1.807) is 31.2 Å². The van der Waals surface area contributed by atoms with E-state index in [0.717, 1.165) is 5.56 Å². The molecule has 4 heteroatoms. The molecule has 0 saturated carbocycles. The first-order valence-corrected chi connectivity index (χ1v) is 6.82. The number of hydrogen-bond acceptors (Lipinski definition) is 4. The third-order valence-corrected chi connectivity index (χ3v) is 2.93. The van der Waals surface area contributed by atoms with Crippen molar-refractivity contribution in [3.63, 3.8) is 0 Å². The number of ether oxygens (including phenoxy) is 2. The Morgan fingerprint density at radius 3 is 2.62 bits per heavy atom. The fourth-order valence-corrected chi connectivity index (χ4v) is 1.87. The van der Waals surface area contributed by atoms with Crippen LogP contribution < -0.4 is 4.74 Å². The minimum atomic E-state index is -1.29. The smallest absolute Gasteiger partial charge is 0.339 e. The highest BCUT2D eigenvalue weighted by molar-refractivity contribution is 5.76. The summed E-state index contributed by atoms with van der Waals surface area (Å²) in [7, 11) is 0. The van der Waals surface area contributed by atoms with E-state index in [4.69, 9.17) is 9.47 Å². The average Bonchev–Trinajstić information content (AvgIpc) is 2.54. The van der Waals surface area contributed by atoms with Crippen molar-refractivity contribution in [3.05, 3.63) is 65.7 Å². The van der Waals surface area contributed by atoms with E-state index >= 15 is 0 Å². The van der Waals surface area contributed by atoms with E-state index in [2.05, 4.69) is 0 Å². The summed E-state index contributed by atoms with van der Waals surface area (Å²) in [6.07, 6.45) is -1.29. The maximum Gasteiger partial charge on any atom is 0.339 e. The number of hydrogen-bond donors (Lipinski definition) is 1. The standard InChI is InChI=1S/C17H18O4/c1-2-20-17(19)16(18)14-9-6-10-15(11-14)21-12-13-7-4-3-5-8-13/h3-11,16,18H,2,12H2,1H3. The number of benzene rings is 2. The molecule has 2 rings (SSSR count). The fraction of sp³-hybridized carbons (Fsp3) is 0.235. The van der Waals surface area contributed by atoms with E-state index in [0.29, 0.717) is 17.9 Å². The molecule has 2 aromatic rings. The first-order chi connectivity index (χ1) is 10.2. The van der Waals surface area contributed by atoms with Crippen LogP contribution in [0.3, 0.4) is 0 Å². The summed E-state index contributed by atoms with van der Waals surface area (Å²) in [4.78, 5) is 11.5. The summed E-state index contributed by atoms with van der Waals surface area (Å²) in [5, 5.41) is 9.90. The van der Waals surface area contributed by atoms with Crippen molar-refractivity contribution < 1.29 is 19.4 Å². The third kappa shape index (κ3) is 4.33. The molecule has 1 unspecified atom stereocenters. The molecule has 0 heterocycles. The van der Waals surface area contributed by atoms with Gasteiger partial charge >= 0.3 is 5.97 Å². The summed E-state index contributed by atoms with van der Waals surface area (Å²) in [5.41, 5.74) is 1.51. The zero-order chi connectivity index (χ0) is 15.1. The second-order valence-corrected chi connectivity index (χ2v) is 4.50. The maximum atomic E-state index is 11.5. The molecule has 0 aliphatic heterocycles. The van der Waals surface area contributed by atoms with E-state index in [1.807, 2.05) is 30.3 Å². The Morgan fingerprint density at radius 2 is 1.90 bits per heavy atom. The molecule has 110 valence electrons. The van der Waals surface area contributed by atoms with Crippen LogP contribution in [-0.2, 0) is 16.1 Å². The second kappa shape index (κ2) is 7.45. The maximum absolute atomic E-state index is 11.5. The Balaban J connectivity index is 2.02. The van der Waals surface area contributed by atoms with Crippen molar-refractivity contribution in [1.82, 2.24) is 0 Å². The first-order valence-electron chi connectivity index (χ1n) is 6.82. The zero-order valence-corrected chi connectivity index (χ0v) is 11.9. The zero-order valence-electron chi connectivity index (χ0n) is 11.9. The number of esters is 1. The number of carbonyl (C=O) groups is 1. The number of rotatable bonds is 6. The van der Waals surface area contributed by atoms with Crippen molar-refractivity contribution >= 4 is 5.97 Å². The summed E-state index contributed by atoms with van der Waals surface area (Å²) in [6, 6.07) is 16.6. The van der Waals surface area contributed by atoms with Gasteiger partial charge in [0, 0.05) is 0 Å². The second-order valence-electron chi connectivity index (χ2n) is 4.50. The average molecular weight is 286 g/mol. The SMILES string of the molecule is CCOC(=O)C(O)c1cccc(OCc2ccccc2)c1. The summed E-state index contributed by atoms with van der Waals surface area (Å²) in [6.45, 7) is 2.36. The summed E-state index contributed by atoms with van der Waals surface area (Å²) in [5.74, 6) is -0.0580. The fourth-order valence-electron chi connectivity index (χ4n) is 1.87. The van der Waals surface area contributed by atoms with E-state index < -0.39 is 12.1 Å². The molecule has 0 aliphatic rings. The lowest BCUT2D eigenvalue weighted by Gasteiger charge is -2.12. The van der Waals surface area contributed by atoms with Gasteiger partial charge in [-0.1, -0.05) is 42.5 Å². The molecule has 4 nitrogen and oxygen atoms in total. The van der Waals surface area contributed by atoms with Crippen LogP contribution in [0.1, 0.15) is 24.2 Å². The van der Waals surface area contributed by atoms with Crippen molar-refractivity contribution in [2.45, 2.75) is 19.6 Å². The van der Waals surface area contributed by atoms with Gasteiger partial charge in [0.05, 0.1) is 6.61 Å². The molecule has 21 heavy (non-hydrogen) atoms. The third-order valence-electron chi connectivity index (χ3n) is 2.93. The van der Waals surface area contributed by atoms with Gasteiger partial charge in [0.15, 0.2) is 6.10 Å². The molecule has 0 fully saturated rings. The van der Waals surface area contributed by atoms with Gasteiger partial charge in [0.1, 0.15) is 12.4 Å². The normalized spacial score (nSPS) is 11.7. The highest BCUT2D eigenvalue weighted by Gasteiger charge is 2.18. The van der Waals surface area contributed by atoms with Crippen molar-refractivity contribution in [1.29, 1.82) is 0 Å². The molecule has 0 amide bonds. The molecule has 0 spiro atoms. The van der Waals surface area contributed by atoms with Crippen LogP contribution in [0.15, 0.2) is 54.6 Å². The van der Waals surface area contributed by atoms with E-state index in [9.17, 15) is 9.90 Å². The lowest BCUT2D eigenvalue weighted by Crippen LogP contribution is -2.15. The molecule has 0 aromatic heterocycles. The van der Waals surface area contributed by atoms with Crippen LogP contribution in [0.4, 0.5) is 0 Å². The topological polar surface area (TPSA) is 55.8 Å². The van der Waals surface area contributed by atoms with E-state index in [-0.39, 0.29) is 6.61 Å². The van der Waals surface area contributed by atoms with Gasteiger partial charge in [-0.15, -0.1) is 0 Å². The van der Waals surface area contributed by atoms with Crippen LogP contribution in [0, 0.1) is 0 Å². The number of aliphatic hydroxyl groups is 1. The molecule has 0 saturated heterocycles. The molecule has 0 radical (unpaired) electrons. The predicted octanol–water partition coefficient (Wildman–Crippen LogP) is 2.86. The van der Waals surface area contributed by atoms with Crippen LogP contribution in [-0.4, -0.2) is 17.7 Å². The Morgan fingerprint density at radius 1 is 1.14 bits per heavy atom. The molecular weight excluding hydrogens is 268 g/mol. The summed E-state index contributed by atoms with van der Waals surface area (Å²) >= 11 is 0. The van der Waals surface area contributed by atoms with Crippen LogP contribution in [0.25, 0.3) is 0 Å². The van der Waals surface area contributed by atoms with E-state index in [1.165, 1.54) is 0 Å². The lowest BCUT2D eigenvalue weighted by molar-refractivity contribution is -0.153. The van der Waals surface area contributed by atoms with Gasteiger partial charge in [-0.3, -0.25) is 0 Å². The Labute approximate surface area is 123 Å². The molecular formula is C17H18O4. The van der Waals surface area contributed by atoms with Crippen LogP contribution in [0.5, 0.6) is 5.75 Å². The quantitative estimate of drug-likeness (QED) is 0.830. The summed E-state index contributed by atoms with van der Waals surface area (Å²) < 4.78 is 10.5. The highest BCUT2D eigenvalue weighted by Crippen LogP contribution is 2.21. The molecule has 0 bridgehead atoms. The molecule has 0 aliphatic carbocycles. The molecule has 1 N–H and O–H groups in total. The number of aliphatic hydroxyl groups excluding tert-OH is 1. The Hall–Kier alpha value is -2.33. The molecule has 2 aromatic carbocycles. The lowest BCUT2D eigenvalue weighted by atomic mass is 10.1. The van der Waals surface area contributed by atoms with Crippen LogP contribution >= 0.6 is 0 Å².